The normalized spacial score (nSPS) is 51.7. The molecule has 2 saturated heterocycles. The topological polar surface area (TPSA) is 190 Å². The highest BCUT2D eigenvalue weighted by atomic mass is 16.7. The van der Waals surface area contributed by atoms with Gasteiger partial charge in [-0.1, -0.05) is 0 Å². The van der Waals surface area contributed by atoms with Gasteiger partial charge in [-0.05, 0) is 0 Å². The second-order valence-electron chi connectivity index (χ2n) is 5.53. The molecule has 2 fully saturated rings. The summed E-state index contributed by atoms with van der Waals surface area (Å²) in [5.41, 5.74) is 0. The zero-order valence-electron chi connectivity index (χ0n) is 12.0. The Hall–Kier alpha value is -0.440. The molecule has 0 unspecified atom stereocenters. The Morgan fingerprint density at radius 3 is 1.83 bits per heavy atom. The van der Waals surface area contributed by atoms with Gasteiger partial charge in [-0.3, -0.25) is 0 Å². The van der Waals surface area contributed by atoms with Crippen LogP contribution >= 0.6 is 0 Å². The molecule has 10 atom stereocenters. The van der Waals surface area contributed by atoms with E-state index in [0.29, 0.717) is 0 Å². The van der Waals surface area contributed by atoms with E-state index in [9.17, 15) is 35.7 Å². The van der Waals surface area contributed by atoms with Crippen molar-refractivity contribution >= 4 is 0 Å². The summed E-state index contributed by atoms with van der Waals surface area (Å²) in [5, 5.41) is 76.5. The summed E-state index contributed by atoms with van der Waals surface area (Å²) in [4.78, 5) is 0. The minimum absolute atomic E-state index is 0.667. The maximum atomic E-state index is 9.94. The van der Waals surface area contributed by atoms with Crippen LogP contribution in [0, 0.1) is 0 Å². The summed E-state index contributed by atoms with van der Waals surface area (Å²) in [6.07, 6.45) is -15.6. The van der Waals surface area contributed by atoms with Crippen molar-refractivity contribution in [3.05, 3.63) is 0 Å². The summed E-state index contributed by atoms with van der Waals surface area (Å²) in [7, 11) is 0. The summed E-state index contributed by atoms with van der Waals surface area (Å²) in [5.74, 6) is 0. The van der Waals surface area contributed by atoms with Crippen LogP contribution in [0.3, 0.4) is 0 Å². The van der Waals surface area contributed by atoms with Gasteiger partial charge in [0.1, 0.15) is 48.8 Å². The zero-order chi connectivity index (χ0) is 17.3. The van der Waals surface area contributed by atoms with Gasteiger partial charge in [-0.25, -0.2) is 0 Å². The molecule has 0 radical (unpaired) electrons. The third-order valence-corrected chi connectivity index (χ3v) is 3.98. The molecule has 11 nitrogen and oxygen atoms in total. The first-order valence-electron chi connectivity index (χ1n) is 7.08. The van der Waals surface area contributed by atoms with Gasteiger partial charge >= 0.3 is 0 Å². The lowest BCUT2D eigenvalue weighted by atomic mass is 9.97. The highest BCUT2D eigenvalue weighted by Crippen LogP contribution is 2.28. The molecule has 2 aliphatic rings. The molecule has 0 aromatic heterocycles. The molecule has 2 aliphatic heterocycles. The first kappa shape index (κ1) is 18.9. The summed E-state index contributed by atoms with van der Waals surface area (Å²) in [6, 6.07) is 0. The first-order valence-corrected chi connectivity index (χ1v) is 7.08. The fourth-order valence-corrected chi connectivity index (χ4v) is 2.57. The number of rotatable bonds is 4. The van der Waals surface area contributed by atoms with Crippen LogP contribution in [0.15, 0.2) is 0 Å². The second kappa shape index (κ2) is 7.63. The number of ether oxygens (including phenoxy) is 3. The Balaban J connectivity index is 2.11. The molecule has 23 heavy (non-hydrogen) atoms. The maximum absolute atomic E-state index is 9.94. The Bertz CT molecular complexity index is 378. The number of aliphatic hydroxyl groups excluding tert-OH is 8. The van der Waals surface area contributed by atoms with Gasteiger partial charge in [0.15, 0.2) is 12.6 Å². The van der Waals surface area contributed by atoms with Gasteiger partial charge in [0.25, 0.3) is 0 Å². The van der Waals surface area contributed by atoms with Crippen molar-refractivity contribution in [2.75, 3.05) is 13.2 Å². The fraction of sp³-hybridized carbons (Fsp3) is 1.00. The summed E-state index contributed by atoms with van der Waals surface area (Å²) < 4.78 is 15.3. The van der Waals surface area contributed by atoms with E-state index in [4.69, 9.17) is 19.3 Å². The SMILES string of the molecule is OC[C@@H]1O[C@@H](O[C@@H]2[C@@H](O)[C@H](O)[C@H](O)O[C@H]2CO)[C@@H](O)[C@H](O)[C@H]1O. The quantitative estimate of drug-likeness (QED) is 0.243. The van der Waals surface area contributed by atoms with Crippen LogP contribution in [0.2, 0.25) is 0 Å². The standard InChI is InChI=1S/C12H22O11/c13-1-3-5(15)6(16)9(19)12(22-3)23-10-4(2-14)21-11(20)8(18)7(10)17/h3-20H,1-2H2/t3-,4-,5-,6+,7-,8-,9-,10-,11+,12-/m0/s1. The highest BCUT2D eigenvalue weighted by Gasteiger charge is 2.50. The average molecular weight is 342 g/mol. The molecular formula is C12H22O11. The molecule has 2 rings (SSSR count). The summed E-state index contributed by atoms with van der Waals surface area (Å²) >= 11 is 0. The van der Waals surface area contributed by atoms with Gasteiger partial charge in [-0.2, -0.15) is 0 Å². The van der Waals surface area contributed by atoms with Crippen molar-refractivity contribution in [3.63, 3.8) is 0 Å². The van der Waals surface area contributed by atoms with Crippen LogP contribution in [0.1, 0.15) is 0 Å². The molecular weight excluding hydrogens is 320 g/mol. The Morgan fingerprint density at radius 2 is 1.26 bits per heavy atom. The van der Waals surface area contributed by atoms with Crippen molar-refractivity contribution in [2.45, 2.75) is 61.4 Å². The van der Waals surface area contributed by atoms with Crippen LogP contribution in [-0.4, -0.2) is 115 Å². The van der Waals surface area contributed by atoms with Crippen LogP contribution < -0.4 is 0 Å². The molecule has 0 bridgehead atoms. The third-order valence-electron chi connectivity index (χ3n) is 3.98. The number of hydrogen-bond donors (Lipinski definition) is 8. The third kappa shape index (κ3) is 3.65. The second-order valence-corrected chi connectivity index (χ2v) is 5.53. The number of hydrogen-bond acceptors (Lipinski definition) is 11. The maximum Gasteiger partial charge on any atom is 0.187 e. The van der Waals surface area contributed by atoms with E-state index in [0.717, 1.165) is 0 Å². The lowest BCUT2D eigenvalue weighted by Crippen LogP contribution is -2.64. The molecule has 11 heteroatoms. The van der Waals surface area contributed by atoms with Crippen molar-refractivity contribution in [1.29, 1.82) is 0 Å². The lowest BCUT2D eigenvalue weighted by Gasteiger charge is -2.45. The van der Waals surface area contributed by atoms with Gasteiger partial charge < -0.3 is 55.1 Å². The van der Waals surface area contributed by atoms with Crippen LogP contribution in [-0.2, 0) is 14.2 Å². The molecule has 0 spiro atoms. The predicted octanol–water partition coefficient (Wildman–Crippen LogP) is -5.40. The fourth-order valence-electron chi connectivity index (χ4n) is 2.57. The largest absolute Gasteiger partial charge is 0.394 e. The van der Waals surface area contributed by atoms with Crippen molar-refractivity contribution in [1.82, 2.24) is 0 Å². The van der Waals surface area contributed by atoms with E-state index in [1.165, 1.54) is 0 Å². The molecule has 2 heterocycles. The van der Waals surface area contributed by atoms with Gasteiger partial charge in [0.05, 0.1) is 13.2 Å². The first-order chi connectivity index (χ1) is 10.8. The lowest BCUT2D eigenvalue weighted by molar-refractivity contribution is -0.355. The van der Waals surface area contributed by atoms with E-state index in [2.05, 4.69) is 0 Å². The van der Waals surface area contributed by atoms with E-state index < -0.39 is 74.6 Å². The van der Waals surface area contributed by atoms with E-state index in [1.54, 1.807) is 0 Å². The van der Waals surface area contributed by atoms with Crippen LogP contribution in [0.4, 0.5) is 0 Å². The minimum Gasteiger partial charge on any atom is -0.394 e. The van der Waals surface area contributed by atoms with Gasteiger partial charge in [-0.15, -0.1) is 0 Å². The van der Waals surface area contributed by atoms with E-state index in [-0.39, 0.29) is 0 Å². The molecule has 0 aliphatic carbocycles. The van der Waals surface area contributed by atoms with Gasteiger partial charge in [0.2, 0.25) is 0 Å². The molecule has 136 valence electrons. The average Bonchev–Trinajstić information content (AvgIpc) is 2.55. The monoisotopic (exact) mass is 342 g/mol. The number of aliphatic hydroxyl groups is 8. The Morgan fingerprint density at radius 1 is 0.652 bits per heavy atom. The van der Waals surface area contributed by atoms with Crippen molar-refractivity contribution < 1.29 is 55.1 Å². The van der Waals surface area contributed by atoms with Crippen molar-refractivity contribution in [3.8, 4) is 0 Å². The predicted molar refractivity (Wildman–Crippen MR) is 68.6 cm³/mol. The smallest absolute Gasteiger partial charge is 0.187 e. The van der Waals surface area contributed by atoms with E-state index >= 15 is 0 Å². The summed E-state index contributed by atoms with van der Waals surface area (Å²) in [6.45, 7) is -1.35. The zero-order valence-corrected chi connectivity index (χ0v) is 12.0. The van der Waals surface area contributed by atoms with Crippen molar-refractivity contribution in [2.24, 2.45) is 0 Å². The molecule has 0 aromatic rings. The molecule has 0 amide bonds. The van der Waals surface area contributed by atoms with Crippen LogP contribution in [0.25, 0.3) is 0 Å². The Kier molecular flexibility index (Phi) is 6.27. The van der Waals surface area contributed by atoms with E-state index in [1.807, 2.05) is 0 Å². The van der Waals surface area contributed by atoms with Gasteiger partial charge in [0, 0.05) is 0 Å². The minimum atomic E-state index is -1.74. The highest BCUT2D eigenvalue weighted by molar-refractivity contribution is 4.93. The molecule has 0 aromatic carbocycles. The molecule has 0 saturated carbocycles. The molecule has 8 N–H and O–H groups in total. The Labute approximate surface area is 130 Å². The van der Waals surface area contributed by atoms with Crippen LogP contribution in [0.5, 0.6) is 0 Å².